The smallest absolute Gasteiger partial charge is 0.268 e. The van der Waals surface area contributed by atoms with Gasteiger partial charge in [-0.15, -0.1) is 0 Å². The number of aliphatic hydroxyl groups is 1. The molecular formula is C12H21N3O4. The summed E-state index contributed by atoms with van der Waals surface area (Å²) in [6.07, 6.45) is 0.851. The first-order chi connectivity index (χ1) is 9.08. The van der Waals surface area contributed by atoms with E-state index in [1.165, 1.54) is 17.9 Å². The lowest BCUT2D eigenvalue weighted by atomic mass is 10.3. The molecule has 1 unspecified atom stereocenters. The van der Waals surface area contributed by atoms with Crippen molar-refractivity contribution in [1.29, 1.82) is 0 Å². The third kappa shape index (κ3) is 4.98. The summed E-state index contributed by atoms with van der Waals surface area (Å²) >= 11 is 0. The van der Waals surface area contributed by atoms with Gasteiger partial charge >= 0.3 is 0 Å². The molecule has 1 heterocycles. The van der Waals surface area contributed by atoms with Crippen molar-refractivity contribution < 1.29 is 14.6 Å². The Labute approximate surface area is 112 Å². The van der Waals surface area contributed by atoms with Crippen molar-refractivity contribution in [2.75, 3.05) is 45.9 Å². The zero-order chi connectivity index (χ0) is 14.3. The Hall–Kier alpha value is -1.44. The second-order valence-electron chi connectivity index (χ2n) is 4.26. The monoisotopic (exact) mass is 271 g/mol. The largest absolute Gasteiger partial charge is 0.389 e. The Bertz CT molecular complexity index is 435. The number of methoxy groups -OCH3 is 2. The maximum atomic E-state index is 11.8. The highest BCUT2D eigenvalue weighted by molar-refractivity contribution is 5.41. The van der Waals surface area contributed by atoms with Crippen molar-refractivity contribution in [2.45, 2.75) is 12.6 Å². The standard InChI is InChI=1S/C12H21N3O4/c1-14(4-5-18-2)10-6-12(17)15(13-7-10)8-11(16)9-19-3/h6-7,11,16H,4-5,8-9H2,1-3H3. The van der Waals surface area contributed by atoms with E-state index in [0.29, 0.717) is 13.2 Å². The van der Waals surface area contributed by atoms with Crippen LogP contribution < -0.4 is 10.5 Å². The first kappa shape index (κ1) is 15.6. The zero-order valence-electron chi connectivity index (χ0n) is 11.6. The van der Waals surface area contributed by atoms with E-state index < -0.39 is 6.10 Å². The maximum absolute atomic E-state index is 11.8. The number of hydrogen-bond acceptors (Lipinski definition) is 6. The third-order valence-electron chi connectivity index (χ3n) is 2.67. The van der Waals surface area contributed by atoms with Crippen molar-refractivity contribution in [2.24, 2.45) is 0 Å². The Kier molecular flexibility index (Phi) is 6.48. The molecule has 0 amide bonds. The molecule has 7 nitrogen and oxygen atoms in total. The lowest BCUT2D eigenvalue weighted by Crippen LogP contribution is -2.32. The van der Waals surface area contributed by atoms with Gasteiger partial charge in [-0.25, -0.2) is 4.68 Å². The van der Waals surface area contributed by atoms with Gasteiger partial charge < -0.3 is 19.5 Å². The van der Waals surface area contributed by atoms with E-state index in [0.717, 1.165) is 5.69 Å². The highest BCUT2D eigenvalue weighted by atomic mass is 16.5. The van der Waals surface area contributed by atoms with Crippen molar-refractivity contribution in [3.8, 4) is 0 Å². The van der Waals surface area contributed by atoms with Crippen molar-refractivity contribution >= 4 is 5.69 Å². The van der Waals surface area contributed by atoms with Gasteiger partial charge in [0.1, 0.15) is 0 Å². The second kappa shape index (κ2) is 7.88. The Morgan fingerprint density at radius 2 is 2.21 bits per heavy atom. The average molecular weight is 271 g/mol. The molecule has 19 heavy (non-hydrogen) atoms. The van der Waals surface area contributed by atoms with E-state index >= 15 is 0 Å². The Morgan fingerprint density at radius 3 is 2.79 bits per heavy atom. The van der Waals surface area contributed by atoms with Crippen LogP contribution in [0.2, 0.25) is 0 Å². The summed E-state index contributed by atoms with van der Waals surface area (Å²) in [6, 6.07) is 1.49. The number of hydrogen-bond donors (Lipinski definition) is 1. The van der Waals surface area contributed by atoms with Crippen LogP contribution in [-0.4, -0.2) is 62.0 Å². The summed E-state index contributed by atoms with van der Waals surface area (Å²) in [5, 5.41) is 13.6. The fraction of sp³-hybridized carbons (Fsp3) is 0.667. The molecule has 1 aromatic rings. The minimum atomic E-state index is -0.743. The molecule has 0 aliphatic heterocycles. The van der Waals surface area contributed by atoms with Crippen LogP contribution in [0.1, 0.15) is 0 Å². The van der Waals surface area contributed by atoms with Crippen LogP contribution in [-0.2, 0) is 16.0 Å². The van der Waals surface area contributed by atoms with Gasteiger partial charge in [-0.2, -0.15) is 5.10 Å². The van der Waals surface area contributed by atoms with Crippen LogP contribution in [0.25, 0.3) is 0 Å². The highest BCUT2D eigenvalue weighted by Gasteiger charge is 2.09. The predicted octanol–water partition coefficient (Wildman–Crippen LogP) is -0.667. The first-order valence-corrected chi connectivity index (χ1v) is 6.02. The maximum Gasteiger partial charge on any atom is 0.268 e. The number of likely N-dealkylation sites (N-methyl/N-ethyl adjacent to an activating group) is 1. The number of rotatable bonds is 8. The number of nitrogens with zero attached hydrogens (tertiary/aromatic N) is 3. The first-order valence-electron chi connectivity index (χ1n) is 6.02. The van der Waals surface area contributed by atoms with E-state index in [9.17, 15) is 9.90 Å². The van der Waals surface area contributed by atoms with Crippen LogP contribution in [0.4, 0.5) is 5.69 Å². The van der Waals surface area contributed by atoms with E-state index in [-0.39, 0.29) is 18.7 Å². The van der Waals surface area contributed by atoms with Gasteiger partial charge in [-0.1, -0.05) is 0 Å². The van der Waals surface area contributed by atoms with E-state index in [1.807, 2.05) is 11.9 Å². The normalized spacial score (nSPS) is 12.4. The zero-order valence-corrected chi connectivity index (χ0v) is 11.6. The molecule has 0 saturated carbocycles. The van der Waals surface area contributed by atoms with Crippen LogP contribution in [0.3, 0.4) is 0 Å². The van der Waals surface area contributed by atoms with Crippen LogP contribution in [0.5, 0.6) is 0 Å². The molecule has 108 valence electrons. The fourth-order valence-corrected chi connectivity index (χ4v) is 1.57. The van der Waals surface area contributed by atoms with Gasteiger partial charge in [0, 0.05) is 33.9 Å². The molecule has 1 aromatic heterocycles. The molecule has 1 rings (SSSR count). The minimum absolute atomic E-state index is 0.120. The average Bonchev–Trinajstić information content (AvgIpc) is 2.38. The Balaban J connectivity index is 2.71. The molecule has 0 bridgehead atoms. The topological polar surface area (TPSA) is 76.8 Å². The van der Waals surface area contributed by atoms with Crippen molar-refractivity contribution in [3.63, 3.8) is 0 Å². The molecule has 1 N–H and O–H groups in total. The number of ether oxygens (including phenoxy) is 2. The quantitative estimate of drug-likeness (QED) is 0.676. The fourth-order valence-electron chi connectivity index (χ4n) is 1.57. The summed E-state index contributed by atoms with van der Waals surface area (Å²) in [5.74, 6) is 0. The van der Waals surface area contributed by atoms with Gasteiger partial charge in [0.05, 0.1) is 37.7 Å². The molecule has 0 saturated heterocycles. The van der Waals surface area contributed by atoms with Crippen molar-refractivity contribution in [1.82, 2.24) is 9.78 Å². The molecule has 0 spiro atoms. The number of aromatic nitrogens is 2. The molecule has 1 atom stereocenters. The molecule has 0 fully saturated rings. The summed E-state index contributed by atoms with van der Waals surface area (Å²) < 4.78 is 11.0. The summed E-state index contributed by atoms with van der Waals surface area (Å²) in [5.41, 5.74) is 0.469. The highest BCUT2D eigenvalue weighted by Crippen LogP contribution is 2.06. The molecule has 0 aliphatic rings. The summed E-state index contributed by atoms with van der Waals surface area (Å²) in [6.45, 7) is 1.54. The number of anilines is 1. The minimum Gasteiger partial charge on any atom is -0.389 e. The predicted molar refractivity (Wildman–Crippen MR) is 71.5 cm³/mol. The van der Waals surface area contributed by atoms with Crippen molar-refractivity contribution in [3.05, 3.63) is 22.6 Å². The van der Waals surface area contributed by atoms with Crippen LogP contribution in [0, 0.1) is 0 Å². The third-order valence-corrected chi connectivity index (χ3v) is 2.67. The second-order valence-corrected chi connectivity index (χ2v) is 4.26. The number of aliphatic hydroxyl groups excluding tert-OH is 1. The van der Waals surface area contributed by atoms with Crippen LogP contribution >= 0.6 is 0 Å². The lowest BCUT2D eigenvalue weighted by Gasteiger charge is -2.18. The van der Waals surface area contributed by atoms with E-state index in [1.54, 1.807) is 13.3 Å². The summed E-state index contributed by atoms with van der Waals surface area (Å²) in [7, 11) is 4.98. The SMILES string of the molecule is COCCN(C)c1cnn(CC(O)COC)c(=O)c1. The molecule has 0 radical (unpaired) electrons. The van der Waals surface area contributed by atoms with Gasteiger partial charge in [0.2, 0.25) is 0 Å². The molecule has 0 aliphatic carbocycles. The van der Waals surface area contributed by atoms with Gasteiger partial charge in [0.15, 0.2) is 0 Å². The lowest BCUT2D eigenvalue weighted by molar-refractivity contribution is 0.0504. The molecule has 0 aromatic carbocycles. The van der Waals surface area contributed by atoms with Gasteiger partial charge in [-0.05, 0) is 0 Å². The van der Waals surface area contributed by atoms with Gasteiger partial charge in [-0.3, -0.25) is 4.79 Å². The molecule has 7 heteroatoms. The summed E-state index contributed by atoms with van der Waals surface area (Å²) in [4.78, 5) is 13.7. The van der Waals surface area contributed by atoms with E-state index in [4.69, 9.17) is 9.47 Å². The van der Waals surface area contributed by atoms with Gasteiger partial charge in [0.25, 0.3) is 5.56 Å². The van der Waals surface area contributed by atoms with E-state index in [2.05, 4.69) is 5.10 Å². The molecular weight excluding hydrogens is 250 g/mol. The Morgan fingerprint density at radius 1 is 1.47 bits per heavy atom. The van der Waals surface area contributed by atoms with Crippen LogP contribution in [0.15, 0.2) is 17.1 Å².